The highest BCUT2D eigenvalue weighted by atomic mass is 19.1. The van der Waals surface area contributed by atoms with Crippen molar-refractivity contribution in [2.75, 3.05) is 33.9 Å². The largest absolute Gasteiger partial charge is 0.383 e. The Hall–Kier alpha value is -1.66. The Bertz CT molecular complexity index is 401. The number of nitrogens with one attached hydrogen (secondary N) is 2. The van der Waals surface area contributed by atoms with E-state index in [1.54, 1.807) is 19.2 Å². The van der Waals surface area contributed by atoms with Gasteiger partial charge in [-0.05, 0) is 17.7 Å². The van der Waals surface area contributed by atoms with Crippen LogP contribution in [-0.4, -0.2) is 39.9 Å². The number of hydrogen-bond donors (Lipinski definition) is 2. The van der Waals surface area contributed by atoms with Gasteiger partial charge in [-0.15, -0.1) is 0 Å². The average Bonchev–Trinajstić information content (AvgIpc) is 2.40. The molecule has 0 saturated heterocycles. The van der Waals surface area contributed by atoms with Gasteiger partial charge in [0.25, 0.3) is 0 Å². The number of halogens is 1. The first-order chi connectivity index (χ1) is 9.17. The van der Waals surface area contributed by atoms with Crippen LogP contribution in [0.4, 0.5) is 9.18 Å². The molecule has 0 unspecified atom stereocenters. The van der Waals surface area contributed by atoms with Gasteiger partial charge in [-0.25, -0.2) is 9.18 Å². The molecule has 1 aromatic rings. The van der Waals surface area contributed by atoms with Crippen LogP contribution in [0.2, 0.25) is 0 Å². The Morgan fingerprint density at radius 2 is 2.16 bits per heavy atom. The molecular weight excluding hydrogens is 251 g/mol. The van der Waals surface area contributed by atoms with Gasteiger partial charge in [0.15, 0.2) is 0 Å². The molecule has 1 rings (SSSR count). The summed E-state index contributed by atoms with van der Waals surface area (Å²) in [4.78, 5) is 11.4. The van der Waals surface area contributed by atoms with Crippen LogP contribution in [0.15, 0.2) is 24.3 Å². The zero-order valence-corrected chi connectivity index (χ0v) is 11.1. The van der Waals surface area contributed by atoms with Crippen molar-refractivity contribution in [3.05, 3.63) is 35.6 Å². The van der Waals surface area contributed by atoms with E-state index in [4.69, 9.17) is 9.47 Å². The molecule has 0 saturated carbocycles. The predicted molar refractivity (Wildman–Crippen MR) is 69.4 cm³/mol. The van der Waals surface area contributed by atoms with E-state index in [9.17, 15) is 9.18 Å². The molecule has 0 spiro atoms. The van der Waals surface area contributed by atoms with Gasteiger partial charge in [-0.1, -0.05) is 12.1 Å². The Morgan fingerprint density at radius 3 is 2.79 bits per heavy atom. The molecule has 19 heavy (non-hydrogen) atoms. The van der Waals surface area contributed by atoms with E-state index in [0.29, 0.717) is 18.7 Å². The van der Waals surface area contributed by atoms with Gasteiger partial charge in [0.1, 0.15) is 5.82 Å². The standard InChI is InChI=1S/C13H19FN2O3/c1-18-7-6-15-13(17)16-9-12(19-2)10-4-3-5-11(14)8-10/h3-5,8,12H,6-7,9H2,1-2H3,(H2,15,16,17)/t12-/m1/s1. The van der Waals surface area contributed by atoms with Crippen LogP contribution < -0.4 is 10.6 Å². The van der Waals surface area contributed by atoms with Crippen LogP contribution in [0, 0.1) is 5.82 Å². The average molecular weight is 270 g/mol. The second-order valence-corrected chi connectivity index (χ2v) is 3.91. The zero-order valence-electron chi connectivity index (χ0n) is 11.1. The third-order valence-corrected chi connectivity index (χ3v) is 2.54. The summed E-state index contributed by atoms with van der Waals surface area (Å²) in [6, 6.07) is 5.80. The molecule has 0 aliphatic heterocycles. The third-order valence-electron chi connectivity index (χ3n) is 2.54. The smallest absolute Gasteiger partial charge is 0.314 e. The topological polar surface area (TPSA) is 59.6 Å². The van der Waals surface area contributed by atoms with Crippen LogP contribution in [0.5, 0.6) is 0 Å². The molecule has 5 nitrogen and oxygen atoms in total. The van der Waals surface area contributed by atoms with E-state index < -0.39 is 0 Å². The number of carbonyl (C=O) groups is 1. The van der Waals surface area contributed by atoms with Crippen LogP contribution in [0.3, 0.4) is 0 Å². The van der Waals surface area contributed by atoms with Crippen LogP contribution in [-0.2, 0) is 9.47 Å². The van der Waals surface area contributed by atoms with Gasteiger partial charge in [0, 0.05) is 27.3 Å². The van der Waals surface area contributed by atoms with Crippen molar-refractivity contribution in [3.8, 4) is 0 Å². The van der Waals surface area contributed by atoms with Crippen molar-refractivity contribution in [3.63, 3.8) is 0 Å². The lowest BCUT2D eigenvalue weighted by Gasteiger charge is -2.17. The molecule has 0 aliphatic carbocycles. The van der Waals surface area contributed by atoms with Gasteiger partial charge >= 0.3 is 6.03 Å². The Kier molecular flexibility index (Phi) is 6.84. The van der Waals surface area contributed by atoms with E-state index in [2.05, 4.69) is 10.6 Å². The summed E-state index contributed by atoms with van der Waals surface area (Å²) in [5, 5.41) is 5.28. The number of amides is 2. The molecule has 0 fully saturated rings. The van der Waals surface area contributed by atoms with Crippen molar-refractivity contribution in [2.45, 2.75) is 6.10 Å². The molecular formula is C13H19FN2O3. The lowest BCUT2D eigenvalue weighted by atomic mass is 10.1. The highest BCUT2D eigenvalue weighted by molar-refractivity contribution is 5.73. The molecule has 2 N–H and O–H groups in total. The molecule has 106 valence electrons. The number of rotatable bonds is 7. The van der Waals surface area contributed by atoms with Gasteiger partial charge in [-0.2, -0.15) is 0 Å². The van der Waals surface area contributed by atoms with Crippen LogP contribution in [0.25, 0.3) is 0 Å². The Labute approximate surface area is 112 Å². The number of urea groups is 1. The molecule has 2 amide bonds. The summed E-state index contributed by atoms with van der Waals surface area (Å²) in [5.74, 6) is -0.330. The van der Waals surface area contributed by atoms with Crippen molar-refractivity contribution in [1.29, 1.82) is 0 Å². The summed E-state index contributed by atoms with van der Waals surface area (Å²) in [6.07, 6.45) is -0.385. The lowest BCUT2D eigenvalue weighted by Crippen LogP contribution is -2.39. The third kappa shape index (κ3) is 5.67. The summed E-state index contributed by atoms with van der Waals surface area (Å²) in [5.41, 5.74) is 0.680. The van der Waals surface area contributed by atoms with Crippen LogP contribution >= 0.6 is 0 Å². The molecule has 0 aromatic heterocycles. The first kappa shape index (κ1) is 15.4. The fourth-order valence-electron chi connectivity index (χ4n) is 1.56. The normalized spacial score (nSPS) is 11.9. The minimum Gasteiger partial charge on any atom is -0.383 e. The minimum absolute atomic E-state index is 0.263. The van der Waals surface area contributed by atoms with Crippen molar-refractivity contribution in [1.82, 2.24) is 10.6 Å². The first-order valence-electron chi connectivity index (χ1n) is 5.96. The summed E-state index contributed by atoms with van der Waals surface area (Å²) < 4.78 is 23.1. The van der Waals surface area contributed by atoms with Crippen molar-refractivity contribution < 1.29 is 18.7 Å². The summed E-state index contributed by atoms with van der Waals surface area (Å²) >= 11 is 0. The highest BCUT2D eigenvalue weighted by Crippen LogP contribution is 2.16. The van der Waals surface area contributed by atoms with Crippen molar-refractivity contribution >= 4 is 6.03 Å². The molecule has 0 bridgehead atoms. The quantitative estimate of drug-likeness (QED) is 0.737. The first-order valence-corrected chi connectivity index (χ1v) is 5.96. The molecule has 1 aromatic carbocycles. The van der Waals surface area contributed by atoms with Crippen molar-refractivity contribution in [2.24, 2.45) is 0 Å². The maximum Gasteiger partial charge on any atom is 0.314 e. The number of benzene rings is 1. The maximum atomic E-state index is 13.1. The van der Waals surface area contributed by atoms with E-state index >= 15 is 0 Å². The molecule has 6 heteroatoms. The predicted octanol–water partition coefficient (Wildman–Crippen LogP) is 1.46. The number of methoxy groups -OCH3 is 2. The van der Waals surface area contributed by atoms with Gasteiger partial charge < -0.3 is 20.1 Å². The SMILES string of the molecule is COCCNC(=O)NC[C@@H](OC)c1cccc(F)c1. The highest BCUT2D eigenvalue weighted by Gasteiger charge is 2.12. The van der Waals surface area contributed by atoms with Gasteiger partial charge in [0.05, 0.1) is 12.7 Å². The van der Waals surface area contributed by atoms with Gasteiger partial charge in [0.2, 0.25) is 0 Å². The van der Waals surface area contributed by atoms with E-state index in [1.807, 2.05) is 0 Å². The molecule has 0 aliphatic rings. The summed E-state index contributed by atoms with van der Waals surface area (Å²) in [6.45, 7) is 1.14. The van der Waals surface area contributed by atoms with E-state index in [-0.39, 0.29) is 24.5 Å². The molecule has 0 heterocycles. The van der Waals surface area contributed by atoms with Crippen LogP contribution in [0.1, 0.15) is 11.7 Å². The second-order valence-electron chi connectivity index (χ2n) is 3.91. The number of carbonyl (C=O) groups excluding carboxylic acids is 1. The summed E-state index contributed by atoms with van der Waals surface area (Å²) in [7, 11) is 3.07. The minimum atomic E-state index is -0.385. The molecule has 0 radical (unpaired) electrons. The number of hydrogen-bond acceptors (Lipinski definition) is 3. The van der Waals surface area contributed by atoms with E-state index in [1.165, 1.54) is 19.2 Å². The second kappa shape index (κ2) is 8.44. The fraction of sp³-hybridized carbons (Fsp3) is 0.462. The Morgan fingerprint density at radius 1 is 1.37 bits per heavy atom. The van der Waals surface area contributed by atoms with E-state index in [0.717, 1.165) is 0 Å². The number of ether oxygens (including phenoxy) is 2. The monoisotopic (exact) mass is 270 g/mol. The maximum absolute atomic E-state index is 13.1. The fourth-order valence-corrected chi connectivity index (χ4v) is 1.56. The zero-order chi connectivity index (χ0) is 14.1. The van der Waals surface area contributed by atoms with Gasteiger partial charge in [-0.3, -0.25) is 0 Å². The lowest BCUT2D eigenvalue weighted by molar-refractivity contribution is 0.103. The molecule has 1 atom stereocenters. The Balaban J connectivity index is 2.42.